The molecule has 0 bridgehead atoms. The number of methoxy groups -OCH3 is 1. The van der Waals surface area contributed by atoms with Gasteiger partial charge in [-0.3, -0.25) is 4.90 Å². The molecule has 210 valence electrons. The van der Waals surface area contributed by atoms with E-state index in [1.807, 2.05) is 24.5 Å². The molecule has 2 fully saturated rings. The molecule has 10 heteroatoms. The minimum atomic E-state index is -0.946. The summed E-state index contributed by atoms with van der Waals surface area (Å²) in [6.07, 6.45) is 9.54. The number of halogens is 1. The molecule has 0 saturated carbocycles. The van der Waals surface area contributed by atoms with Crippen LogP contribution in [0.3, 0.4) is 0 Å². The van der Waals surface area contributed by atoms with Gasteiger partial charge in [-0.1, -0.05) is 17.7 Å². The maximum Gasteiger partial charge on any atom is 0.212 e. The van der Waals surface area contributed by atoms with Gasteiger partial charge < -0.3 is 19.5 Å². The first kappa shape index (κ1) is 26.8. The molecule has 0 atom stereocenters. The number of pyridine rings is 3. The number of piperidine rings is 1. The van der Waals surface area contributed by atoms with Gasteiger partial charge in [0.2, 0.25) is 5.88 Å². The van der Waals surface area contributed by atoms with E-state index in [1.54, 1.807) is 37.9 Å². The van der Waals surface area contributed by atoms with Gasteiger partial charge in [-0.15, -0.1) is 0 Å². The van der Waals surface area contributed by atoms with Crippen LogP contribution < -0.4 is 14.4 Å². The summed E-state index contributed by atoms with van der Waals surface area (Å²) in [7, 11) is 1.64. The van der Waals surface area contributed by atoms with Crippen molar-refractivity contribution < 1.29 is 14.6 Å². The fourth-order valence-corrected chi connectivity index (χ4v) is 6.01. The van der Waals surface area contributed by atoms with Crippen LogP contribution in [0, 0.1) is 5.41 Å². The van der Waals surface area contributed by atoms with Crippen LogP contribution in [0.4, 0.5) is 5.82 Å². The van der Waals surface area contributed by atoms with Gasteiger partial charge in [0.15, 0.2) is 0 Å². The molecule has 40 heavy (non-hydrogen) atoms. The molecular weight excluding hydrogens is 528 g/mol. The standard InChI is InChI=1S/C30H35ClN6O3/c1-29(2,38)20-40-23-12-24(28-25(31)15-34-37(28)17-23)22-5-6-26(32-14-22)36-10-8-30(9-11-36)18-35(19-30)16-21-4-7-27(39-3)33-13-21/h4-7,12-15,17,38H,8-11,16,18-20H2,1-3H3. The van der Waals surface area contributed by atoms with E-state index in [4.69, 9.17) is 26.1 Å². The Morgan fingerprint density at radius 3 is 2.50 bits per heavy atom. The van der Waals surface area contributed by atoms with Crippen molar-refractivity contribution in [1.82, 2.24) is 24.5 Å². The molecular formula is C30H35ClN6O3. The summed E-state index contributed by atoms with van der Waals surface area (Å²) in [4.78, 5) is 14.1. The van der Waals surface area contributed by atoms with Gasteiger partial charge in [-0.05, 0) is 55.9 Å². The zero-order valence-corrected chi connectivity index (χ0v) is 23.9. The molecule has 4 aromatic rings. The number of hydrogen-bond acceptors (Lipinski definition) is 8. The summed E-state index contributed by atoms with van der Waals surface area (Å²) < 4.78 is 12.7. The van der Waals surface area contributed by atoms with E-state index in [0.717, 1.165) is 55.2 Å². The molecule has 0 amide bonds. The third kappa shape index (κ3) is 5.59. The highest BCUT2D eigenvalue weighted by Gasteiger charge is 2.44. The summed E-state index contributed by atoms with van der Waals surface area (Å²) >= 11 is 6.49. The number of hydrogen-bond donors (Lipinski definition) is 1. The minimum absolute atomic E-state index is 0.164. The van der Waals surface area contributed by atoms with Gasteiger partial charge in [0.25, 0.3) is 0 Å². The average Bonchev–Trinajstić information content (AvgIpc) is 3.31. The lowest BCUT2D eigenvalue weighted by atomic mass is 9.72. The predicted molar refractivity (Wildman–Crippen MR) is 155 cm³/mol. The second kappa shape index (κ2) is 10.5. The van der Waals surface area contributed by atoms with Crippen LogP contribution in [-0.2, 0) is 6.54 Å². The zero-order valence-electron chi connectivity index (χ0n) is 23.2. The highest BCUT2D eigenvalue weighted by atomic mass is 35.5. The van der Waals surface area contributed by atoms with Gasteiger partial charge in [-0.2, -0.15) is 5.10 Å². The number of nitrogens with zero attached hydrogens (tertiary/aromatic N) is 6. The Morgan fingerprint density at radius 1 is 1.05 bits per heavy atom. The molecule has 6 rings (SSSR count). The van der Waals surface area contributed by atoms with Gasteiger partial charge in [-0.25, -0.2) is 14.5 Å². The summed E-state index contributed by atoms with van der Waals surface area (Å²) in [5.41, 5.74) is 3.30. The highest BCUT2D eigenvalue weighted by Crippen LogP contribution is 2.42. The number of ether oxygens (including phenoxy) is 2. The van der Waals surface area contributed by atoms with E-state index < -0.39 is 5.60 Å². The van der Waals surface area contributed by atoms with Crippen LogP contribution in [0.5, 0.6) is 11.6 Å². The van der Waals surface area contributed by atoms with Crippen LogP contribution in [0.15, 0.2) is 55.1 Å². The Kier molecular flexibility index (Phi) is 7.06. The smallest absolute Gasteiger partial charge is 0.212 e. The van der Waals surface area contributed by atoms with Crippen molar-refractivity contribution in [2.24, 2.45) is 5.41 Å². The molecule has 4 aromatic heterocycles. The van der Waals surface area contributed by atoms with E-state index in [1.165, 1.54) is 18.4 Å². The normalized spacial score (nSPS) is 17.3. The molecule has 0 unspecified atom stereocenters. The largest absolute Gasteiger partial charge is 0.489 e. The van der Waals surface area contributed by atoms with Crippen molar-refractivity contribution in [2.75, 3.05) is 44.8 Å². The van der Waals surface area contributed by atoms with Crippen LogP contribution in [-0.4, -0.2) is 75.1 Å². The predicted octanol–water partition coefficient (Wildman–Crippen LogP) is 4.71. The topological polar surface area (TPSA) is 88.2 Å². The molecule has 0 aliphatic carbocycles. The van der Waals surface area contributed by atoms with Crippen molar-refractivity contribution in [3.8, 4) is 22.8 Å². The molecule has 1 spiro atoms. The number of anilines is 1. The van der Waals surface area contributed by atoms with Crippen molar-refractivity contribution in [1.29, 1.82) is 0 Å². The maximum absolute atomic E-state index is 10.1. The first-order valence-corrected chi connectivity index (χ1v) is 14.0. The van der Waals surface area contributed by atoms with Gasteiger partial charge in [0.1, 0.15) is 18.2 Å². The number of fused-ring (bicyclic) bond motifs is 1. The average molecular weight is 563 g/mol. The fraction of sp³-hybridized carbons (Fsp3) is 0.433. The van der Waals surface area contributed by atoms with Crippen molar-refractivity contribution >= 4 is 22.9 Å². The summed E-state index contributed by atoms with van der Waals surface area (Å²) in [5.74, 6) is 2.25. The summed E-state index contributed by atoms with van der Waals surface area (Å²) in [5, 5.41) is 15.0. The number of aromatic nitrogens is 4. The zero-order chi connectivity index (χ0) is 27.9. The number of likely N-dealkylation sites (tertiary alicyclic amines) is 1. The van der Waals surface area contributed by atoms with Crippen LogP contribution in [0.25, 0.3) is 16.6 Å². The lowest BCUT2D eigenvalue weighted by Crippen LogP contribution is -2.59. The van der Waals surface area contributed by atoms with E-state index in [9.17, 15) is 5.11 Å². The quantitative estimate of drug-likeness (QED) is 0.330. The van der Waals surface area contributed by atoms with Gasteiger partial charge >= 0.3 is 0 Å². The Labute approximate surface area is 239 Å². The fourth-order valence-electron chi connectivity index (χ4n) is 5.77. The lowest BCUT2D eigenvalue weighted by Gasteiger charge is -2.54. The van der Waals surface area contributed by atoms with Crippen LogP contribution in [0.2, 0.25) is 5.02 Å². The Bertz CT molecular complexity index is 1470. The van der Waals surface area contributed by atoms with Crippen LogP contribution in [0.1, 0.15) is 32.3 Å². The Hall–Kier alpha value is -3.40. The molecule has 6 heterocycles. The third-order valence-corrected chi connectivity index (χ3v) is 8.15. The summed E-state index contributed by atoms with van der Waals surface area (Å²) in [6.45, 7) is 8.79. The van der Waals surface area contributed by atoms with E-state index in [2.05, 4.69) is 38.1 Å². The molecule has 0 radical (unpaired) electrons. The molecule has 9 nitrogen and oxygen atoms in total. The second-order valence-electron chi connectivity index (χ2n) is 11.7. The van der Waals surface area contributed by atoms with E-state index >= 15 is 0 Å². The monoisotopic (exact) mass is 562 g/mol. The number of rotatable bonds is 8. The lowest BCUT2D eigenvalue weighted by molar-refractivity contribution is -0.0241. The second-order valence-corrected chi connectivity index (χ2v) is 12.1. The molecule has 1 N–H and O–H groups in total. The minimum Gasteiger partial charge on any atom is -0.489 e. The first-order valence-electron chi connectivity index (χ1n) is 13.7. The van der Waals surface area contributed by atoms with Crippen molar-refractivity contribution in [3.63, 3.8) is 0 Å². The first-order chi connectivity index (χ1) is 19.2. The van der Waals surface area contributed by atoms with Gasteiger partial charge in [0, 0.05) is 62.3 Å². The van der Waals surface area contributed by atoms with Crippen molar-refractivity contribution in [2.45, 2.75) is 38.8 Å². The van der Waals surface area contributed by atoms with E-state index in [0.29, 0.717) is 22.1 Å². The molecule has 2 aliphatic rings. The molecule has 2 aliphatic heterocycles. The molecule has 0 aromatic carbocycles. The van der Waals surface area contributed by atoms with Crippen molar-refractivity contribution in [3.05, 3.63) is 65.7 Å². The highest BCUT2D eigenvalue weighted by molar-refractivity contribution is 6.34. The number of aliphatic hydroxyl groups is 1. The SMILES string of the molecule is COc1ccc(CN2CC3(CCN(c4ccc(-c5cc(OCC(C)(C)O)cn6ncc(Cl)c56)cn4)CC3)C2)cn1. The van der Waals surface area contributed by atoms with E-state index in [-0.39, 0.29) is 6.61 Å². The van der Waals surface area contributed by atoms with Crippen LogP contribution >= 0.6 is 11.6 Å². The maximum atomic E-state index is 10.1. The summed E-state index contributed by atoms with van der Waals surface area (Å²) in [6, 6.07) is 10.1. The Balaban J connectivity index is 1.09. The third-order valence-electron chi connectivity index (χ3n) is 7.87. The van der Waals surface area contributed by atoms with Gasteiger partial charge in [0.05, 0.1) is 35.6 Å². The molecule has 2 saturated heterocycles. The Morgan fingerprint density at radius 2 is 1.85 bits per heavy atom.